The monoisotopic (exact) mass is 438 g/mol. The number of hydrogen-bond acceptors (Lipinski definition) is 7. The van der Waals surface area contributed by atoms with Gasteiger partial charge in [0.2, 0.25) is 0 Å². The zero-order valence-electron chi connectivity index (χ0n) is 17.6. The van der Waals surface area contributed by atoms with E-state index in [-0.39, 0.29) is 23.7 Å². The molecule has 8 nitrogen and oxygen atoms in total. The Labute approximate surface area is 184 Å². The number of hydrogen-bond donors (Lipinski definition) is 0. The number of ether oxygens (including phenoxy) is 1. The molecule has 1 spiro atoms. The highest BCUT2D eigenvalue weighted by Gasteiger charge is 2.52. The molecule has 0 radical (unpaired) electrons. The molecule has 160 valence electrons. The molecule has 3 aliphatic rings. The van der Waals surface area contributed by atoms with Gasteiger partial charge in [-0.15, -0.1) is 0 Å². The molecule has 1 aromatic carbocycles. The topological polar surface area (TPSA) is 81.0 Å². The molecule has 1 saturated heterocycles. The maximum absolute atomic E-state index is 7.01. The van der Waals surface area contributed by atoms with Gasteiger partial charge in [0.25, 0.3) is 0 Å². The molecular weight excluding hydrogens is 416 g/mol. The number of morpholine rings is 1. The first-order chi connectivity index (χ1) is 15.0. The van der Waals surface area contributed by atoms with Crippen LogP contribution in [0.2, 0.25) is 5.02 Å². The van der Waals surface area contributed by atoms with Crippen LogP contribution in [0, 0.1) is 5.41 Å². The van der Waals surface area contributed by atoms with E-state index in [9.17, 15) is 0 Å². The number of fused-ring (bicyclic) bond motifs is 5. The zero-order chi connectivity index (χ0) is 21.3. The third-order valence-corrected chi connectivity index (χ3v) is 6.98. The fraction of sp³-hybridized carbons (Fsp3) is 0.455. The van der Waals surface area contributed by atoms with Crippen molar-refractivity contribution in [1.82, 2.24) is 14.7 Å². The first-order valence-corrected chi connectivity index (χ1v) is 10.9. The van der Waals surface area contributed by atoms with Gasteiger partial charge in [-0.1, -0.05) is 16.8 Å². The van der Waals surface area contributed by atoms with Crippen molar-refractivity contribution in [1.29, 1.82) is 0 Å². The van der Waals surface area contributed by atoms with Gasteiger partial charge >= 0.3 is 0 Å². The molecule has 31 heavy (non-hydrogen) atoms. The van der Waals surface area contributed by atoms with Crippen molar-refractivity contribution in [3.8, 4) is 11.5 Å². The summed E-state index contributed by atoms with van der Waals surface area (Å²) in [5.41, 5.74) is 3.07. The lowest BCUT2D eigenvalue weighted by atomic mass is 9.69. The van der Waals surface area contributed by atoms with Gasteiger partial charge in [0.15, 0.2) is 17.1 Å². The van der Waals surface area contributed by atoms with Crippen molar-refractivity contribution in [2.75, 3.05) is 18.1 Å². The second kappa shape index (κ2) is 6.64. The summed E-state index contributed by atoms with van der Waals surface area (Å²) in [6.45, 7) is 5.42. The molecule has 0 aliphatic carbocycles. The molecule has 2 aromatic heterocycles. The molecule has 6 rings (SSSR count). The highest BCUT2D eigenvalue weighted by atomic mass is 35.5. The normalized spacial score (nSPS) is 26.5. The number of nitrogens with zero attached hydrogens (tertiary/aromatic N) is 6. The third kappa shape index (κ3) is 2.64. The molecule has 9 heteroatoms. The van der Waals surface area contributed by atoms with E-state index in [2.05, 4.69) is 57.4 Å². The van der Waals surface area contributed by atoms with Crippen LogP contribution in [0.1, 0.15) is 19.4 Å². The Morgan fingerprint density at radius 2 is 2.03 bits per heavy atom. The summed E-state index contributed by atoms with van der Waals surface area (Å²) in [5, 5.41) is 5.79. The summed E-state index contributed by atoms with van der Waals surface area (Å²) in [6, 6.07) is 2.20. The average molecular weight is 439 g/mol. The predicted molar refractivity (Wildman–Crippen MR) is 120 cm³/mol. The number of imidazole rings is 1. The SMILES string of the molecule is C[C@@H]1CN2c3c(cc4c(-c5nccn5C)noc4c3Cl)CC3(C=NCN=C3)[C@H]2[C@H](C)O1. The van der Waals surface area contributed by atoms with Crippen LogP contribution in [0.5, 0.6) is 0 Å². The molecule has 3 aromatic rings. The largest absolute Gasteiger partial charge is 0.372 e. The van der Waals surface area contributed by atoms with E-state index >= 15 is 0 Å². The van der Waals surface area contributed by atoms with Gasteiger partial charge in [0.05, 0.1) is 34.7 Å². The molecule has 0 N–H and O–H groups in total. The van der Waals surface area contributed by atoms with Gasteiger partial charge in [-0.2, -0.15) is 0 Å². The van der Waals surface area contributed by atoms with E-state index in [0.717, 1.165) is 35.4 Å². The Morgan fingerprint density at radius 1 is 1.23 bits per heavy atom. The van der Waals surface area contributed by atoms with Gasteiger partial charge < -0.3 is 18.7 Å². The van der Waals surface area contributed by atoms with Crippen LogP contribution >= 0.6 is 11.6 Å². The molecule has 0 unspecified atom stereocenters. The van der Waals surface area contributed by atoms with Crippen molar-refractivity contribution in [3.05, 3.63) is 29.0 Å². The third-order valence-electron chi connectivity index (χ3n) is 6.63. The van der Waals surface area contributed by atoms with Gasteiger partial charge in [0.1, 0.15) is 11.7 Å². The molecule has 0 bridgehead atoms. The van der Waals surface area contributed by atoms with E-state index in [0.29, 0.717) is 23.0 Å². The fourth-order valence-corrected chi connectivity index (χ4v) is 5.91. The van der Waals surface area contributed by atoms with Crippen LogP contribution in [0.25, 0.3) is 22.5 Å². The van der Waals surface area contributed by atoms with E-state index < -0.39 is 0 Å². The minimum Gasteiger partial charge on any atom is -0.372 e. The van der Waals surface area contributed by atoms with E-state index in [1.165, 1.54) is 0 Å². The number of aliphatic imine (C=N–C) groups is 2. The highest BCUT2D eigenvalue weighted by Crippen LogP contribution is 2.50. The van der Waals surface area contributed by atoms with Crippen molar-refractivity contribution in [3.63, 3.8) is 0 Å². The lowest BCUT2D eigenvalue weighted by Gasteiger charge is -2.54. The molecule has 3 aliphatic heterocycles. The smallest absolute Gasteiger partial charge is 0.188 e. The van der Waals surface area contributed by atoms with Gasteiger partial charge in [-0.25, -0.2) is 4.98 Å². The molecule has 0 saturated carbocycles. The number of aromatic nitrogens is 3. The van der Waals surface area contributed by atoms with E-state index in [1.807, 2.05) is 17.8 Å². The van der Waals surface area contributed by atoms with Gasteiger partial charge in [0, 0.05) is 38.4 Å². The Morgan fingerprint density at radius 3 is 2.77 bits per heavy atom. The zero-order valence-corrected chi connectivity index (χ0v) is 18.4. The lowest BCUT2D eigenvalue weighted by Crippen LogP contribution is -2.65. The summed E-state index contributed by atoms with van der Waals surface area (Å²) in [6.07, 6.45) is 8.57. The summed E-state index contributed by atoms with van der Waals surface area (Å²) in [4.78, 5) is 15.9. The minimum atomic E-state index is -0.345. The minimum absolute atomic E-state index is 0.00230. The first kappa shape index (κ1) is 19.0. The van der Waals surface area contributed by atoms with Crippen LogP contribution in [0.4, 0.5) is 5.69 Å². The summed E-state index contributed by atoms with van der Waals surface area (Å²) in [5.74, 6) is 0.743. The van der Waals surface area contributed by atoms with E-state index in [4.69, 9.17) is 20.9 Å². The predicted octanol–water partition coefficient (Wildman–Crippen LogP) is 3.52. The molecule has 1 fully saturated rings. The van der Waals surface area contributed by atoms with Crippen molar-refractivity contribution in [2.24, 2.45) is 22.4 Å². The molecule has 5 heterocycles. The van der Waals surface area contributed by atoms with E-state index in [1.54, 1.807) is 6.20 Å². The van der Waals surface area contributed by atoms with Crippen LogP contribution in [0.15, 0.2) is 33.0 Å². The average Bonchev–Trinajstić information content (AvgIpc) is 3.33. The Hall–Kier alpha value is -2.71. The molecule has 3 atom stereocenters. The summed E-state index contributed by atoms with van der Waals surface area (Å²) < 4.78 is 13.9. The summed E-state index contributed by atoms with van der Waals surface area (Å²) in [7, 11) is 1.94. The van der Waals surface area contributed by atoms with Crippen molar-refractivity contribution < 1.29 is 9.26 Å². The number of aryl methyl sites for hydroxylation is 1. The number of halogens is 1. The Balaban J connectivity index is 1.60. The number of anilines is 1. The van der Waals surface area contributed by atoms with Crippen LogP contribution in [-0.4, -0.2) is 58.6 Å². The number of benzene rings is 1. The van der Waals surface area contributed by atoms with Crippen molar-refractivity contribution >= 4 is 40.7 Å². The maximum Gasteiger partial charge on any atom is 0.188 e. The second-order valence-electron chi connectivity index (χ2n) is 8.77. The van der Waals surface area contributed by atoms with Gasteiger partial charge in [-0.3, -0.25) is 9.98 Å². The quantitative estimate of drug-likeness (QED) is 0.580. The summed E-state index contributed by atoms with van der Waals surface area (Å²) >= 11 is 7.01. The van der Waals surface area contributed by atoms with Gasteiger partial charge in [-0.05, 0) is 31.9 Å². The van der Waals surface area contributed by atoms with Crippen molar-refractivity contribution in [2.45, 2.75) is 38.5 Å². The molecular formula is C22H23ClN6O2. The van der Waals surface area contributed by atoms with Crippen LogP contribution in [-0.2, 0) is 18.2 Å². The standard InChI is InChI=1S/C22H23ClN6O2/c1-12-8-29-18-14(7-22(9-24-11-25-10-22)20(29)13(2)30-12)6-15-17(21-26-4-5-28(21)3)27-31-19(15)16(18)23/h4-6,9-10,12-13,20H,7-8,11H2,1-3H3/t12-,13+,20-/m1/s1. The number of rotatable bonds is 1. The van der Waals surface area contributed by atoms with Crippen LogP contribution < -0.4 is 4.90 Å². The molecule has 0 amide bonds. The first-order valence-electron chi connectivity index (χ1n) is 10.5. The second-order valence-corrected chi connectivity index (χ2v) is 9.15. The lowest BCUT2D eigenvalue weighted by molar-refractivity contribution is -0.0429. The Bertz CT molecular complexity index is 1230. The maximum atomic E-state index is 7.01. The van der Waals surface area contributed by atoms with Crippen LogP contribution in [0.3, 0.4) is 0 Å². The fourth-order valence-electron chi connectivity index (χ4n) is 5.55. The Kier molecular flexibility index (Phi) is 4.07. The highest BCUT2D eigenvalue weighted by molar-refractivity contribution is 6.38.